The second-order valence-corrected chi connectivity index (χ2v) is 16.3. The van der Waals surface area contributed by atoms with Crippen LogP contribution in [0.15, 0.2) is 227 Å². The van der Waals surface area contributed by atoms with Gasteiger partial charge >= 0.3 is 0 Å². The average molecular weight is 789 g/mol. The first-order valence-electron chi connectivity index (χ1n) is 21.2. The molecular weight excluding hydrogens is 753 g/mol. The highest BCUT2D eigenvalue weighted by Gasteiger charge is 2.23. The third-order valence-corrected chi connectivity index (χ3v) is 12.9. The Bertz CT molecular complexity index is 3850. The molecule has 0 aliphatic carbocycles. The molecule has 288 valence electrons. The quantitative estimate of drug-likeness (QED) is 0.162. The van der Waals surface area contributed by atoms with Crippen molar-refractivity contribution < 1.29 is 8.83 Å². The minimum atomic E-state index is 0.874. The van der Waals surface area contributed by atoms with Gasteiger partial charge in [0.25, 0.3) is 0 Å². The molecular formula is C60H36O2. The Kier molecular flexibility index (Phi) is 7.64. The van der Waals surface area contributed by atoms with E-state index in [1.807, 2.05) is 12.1 Å². The first-order chi connectivity index (χ1) is 30.8. The lowest BCUT2D eigenvalue weighted by atomic mass is 9.83. The number of rotatable bonds is 5. The SMILES string of the molecule is c1ccc(-c2cc(-c3c4ccccc4c(-c4ccc(-c5ccc(-c6cccc7c6oc6ccccc67)cc5)c5c4oc4ccccc45)c4ccccc34)c3ccccc3c2)cc1. The van der Waals surface area contributed by atoms with E-state index < -0.39 is 0 Å². The summed E-state index contributed by atoms with van der Waals surface area (Å²) in [6.45, 7) is 0. The molecule has 13 rings (SSSR count). The molecule has 13 aromatic rings. The zero-order valence-corrected chi connectivity index (χ0v) is 33.6. The van der Waals surface area contributed by atoms with Crippen LogP contribution in [-0.4, -0.2) is 0 Å². The number of para-hydroxylation sites is 3. The smallest absolute Gasteiger partial charge is 0.143 e. The topological polar surface area (TPSA) is 26.3 Å². The first-order valence-corrected chi connectivity index (χ1v) is 21.2. The number of benzene rings is 11. The standard InChI is InChI=1S/C60H36O2/c1-2-15-37(16-3-1)41-35-40-17-4-5-18-42(40)53(36-41)57-48-22-8-6-20-46(48)56(47-21-7-9-23-49(47)57)52-34-33-43(58-51-24-11-13-28-55(51)62-60(52)58)38-29-31-39(32-30-38)44-25-14-26-50-45-19-10-12-27-54(45)61-59(44)50/h1-36H. The molecule has 0 fully saturated rings. The summed E-state index contributed by atoms with van der Waals surface area (Å²) < 4.78 is 13.4. The van der Waals surface area contributed by atoms with E-state index in [1.165, 1.54) is 60.1 Å². The van der Waals surface area contributed by atoms with Crippen LogP contribution in [0.25, 0.3) is 132 Å². The van der Waals surface area contributed by atoms with Gasteiger partial charge in [-0.3, -0.25) is 0 Å². The summed E-state index contributed by atoms with van der Waals surface area (Å²) in [7, 11) is 0. The second-order valence-electron chi connectivity index (χ2n) is 16.3. The predicted octanol–water partition coefficient (Wildman–Crippen LogP) is 17.3. The van der Waals surface area contributed by atoms with Crippen molar-refractivity contribution in [3.05, 3.63) is 218 Å². The van der Waals surface area contributed by atoms with Crippen LogP contribution in [0.5, 0.6) is 0 Å². The van der Waals surface area contributed by atoms with Crippen molar-refractivity contribution in [1.29, 1.82) is 0 Å². The van der Waals surface area contributed by atoms with E-state index in [-0.39, 0.29) is 0 Å². The van der Waals surface area contributed by atoms with Crippen LogP contribution < -0.4 is 0 Å². The molecule has 0 unspecified atom stereocenters. The maximum absolute atomic E-state index is 6.99. The summed E-state index contributed by atoms with van der Waals surface area (Å²) in [5.74, 6) is 0. The van der Waals surface area contributed by atoms with Crippen LogP contribution >= 0.6 is 0 Å². The molecule has 0 aliphatic heterocycles. The second kappa shape index (κ2) is 13.7. The summed E-state index contributed by atoms with van der Waals surface area (Å²) in [5.41, 5.74) is 15.2. The normalized spacial score (nSPS) is 11.9. The molecule has 0 atom stereocenters. The number of hydrogen-bond donors (Lipinski definition) is 0. The van der Waals surface area contributed by atoms with Crippen molar-refractivity contribution in [3.8, 4) is 55.6 Å². The summed E-state index contributed by atoms with van der Waals surface area (Å²) in [4.78, 5) is 0. The highest BCUT2D eigenvalue weighted by atomic mass is 16.3. The van der Waals surface area contributed by atoms with Gasteiger partial charge in [0, 0.05) is 38.2 Å². The Morgan fingerprint density at radius 1 is 0.242 bits per heavy atom. The summed E-state index contributed by atoms with van der Waals surface area (Å²) in [6.07, 6.45) is 0. The predicted molar refractivity (Wildman–Crippen MR) is 261 cm³/mol. The molecule has 0 saturated heterocycles. The molecule has 11 aromatic carbocycles. The van der Waals surface area contributed by atoms with Crippen LogP contribution in [-0.2, 0) is 0 Å². The molecule has 62 heavy (non-hydrogen) atoms. The molecule has 0 N–H and O–H groups in total. The van der Waals surface area contributed by atoms with Gasteiger partial charge in [-0.2, -0.15) is 0 Å². The summed E-state index contributed by atoms with van der Waals surface area (Å²) in [6, 6.07) is 78.7. The molecule has 0 bridgehead atoms. The minimum absolute atomic E-state index is 0.874. The fourth-order valence-corrected chi connectivity index (χ4v) is 10.1. The zero-order valence-electron chi connectivity index (χ0n) is 33.6. The van der Waals surface area contributed by atoms with Crippen LogP contribution in [0, 0.1) is 0 Å². The molecule has 0 spiro atoms. The Balaban J connectivity index is 1.03. The van der Waals surface area contributed by atoms with Crippen molar-refractivity contribution >= 4 is 76.2 Å². The fraction of sp³-hybridized carbons (Fsp3) is 0. The molecule has 0 radical (unpaired) electrons. The van der Waals surface area contributed by atoms with Gasteiger partial charge in [0.1, 0.15) is 22.3 Å². The third-order valence-electron chi connectivity index (χ3n) is 12.9. The van der Waals surface area contributed by atoms with Crippen molar-refractivity contribution in [2.75, 3.05) is 0 Å². The van der Waals surface area contributed by atoms with Gasteiger partial charge in [0.05, 0.1) is 0 Å². The van der Waals surface area contributed by atoms with Crippen molar-refractivity contribution in [1.82, 2.24) is 0 Å². The van der Waals surface area contributed by atoms with E-state index in [9.17, 15) is 0 Å². The third kappa shape index (κ3) is 5.23. The van der Waals surface area contributed by atoms with Gasteiger partial charge in [0.15, 0.2) is 0 Å². The highest BCUT2D eigenvalue weighted by molar-refractivity contribution is 6.27. The van der Waals surface area contributed by atoms with Gasteiger partial charge < -0.3 is 8.83 Å². The monoisotopic (exact) mass is 788 g/mol. The molecule has 0 amide bonds. The summed E-state index contributed by atoms with van der Waals surface area (Å²) in [5, 5.41) is 11.7. The average Bonchev–Trinajstić information content (AvgIpc) is 3.93. The van der Waals surface area contributed by atoms with E-state index in [0.29, 0.717) is 0 Å². The Hall–Kier alpha value is -8.20. The van der Waals surface area contributed by atoms with E-state index in [2.05, 4.69) is 206 Å². The van der Waals surface area contributed by atoms with Crippen molar-refractivity contribution in [3.63, 3.8) is 0 Å². The first kappa shape index (κ1) is 34.6. The molecule has 2 aromatic heterocycles. The van der Waals surface area contributed by atoms with E-state index in [1.54, 1.807) is 0 Å². The number of fused-ring (bicyclic) bond motifs is 9. The van der Waals surface area contributed by atoms with Gasteiger partial charge in [-0.1, -0.05) is 188 Å². The lowest BCUT2D eigenvalue weighted by Crippen LogP contribution is -1.93. The van der Waals surface area contributed by atoms with Gasteiger partial charge in [-0.25, -0.2) is 0 Å². The van der Waals surface area contributed by atoms with Crippen molar-refractivity contribution in [2.24, 2.45) is 0 Å². The van der Waals surface area contributed by atoms with Crippen LogP contribution in [0.1, 0.15) is 0 Å². The van der Waals surface area contributed by atoms with Crippen molar-refractivity contribution in [2.45, 2.75) is 0 Å². The number of furan rings is 2. The molecule has 0 aliphatic rings. The van der Waals surface area contributed by atoms with Gasteiger partial charge in [-0.05, 0) is 102 Å². The minimum Gasteiger partial charge on any atom is -0.455 e. The van der Waals surface area contributed by atoms with Gasteiger partial charge in [0.2, 0.25) is 0 Å². The maximum atomic E-state index is 6.99. The van der Waals surface area contributed by atoms with E-state index in [0.717, 1.165) is 71.7 Å². The summed E-state index contributed by atoms with van der Waals surface area (Å²) >= 11 is 0. The Morgan fingerprint density at radius 2 is 0.742 bits per heavy atom. The molecule has 2 heteroatoms. The zero-order chi connectivity index (χ0) is 40.7. The van der Waals surface area contributed by atoms with Gasteiger partial charge in [-0.15, -0.1) is 0 Å². The number of hydrogen-bond acceptors (Lipinski definition) is 2. The molecule has 0 saturated carbocycles. The Labute approximate surface area is 357 Å². The van der Waals surface area contributed by atoms with Crippen LogP contribution in [0.3, 0.4) is 0 Å². The maximum Gasteiger partial charge on any atom is 0.143 e. The van der Waals surface area contributed by atoms with E-state index >= 15 is 0 Å². The lowest BCUT2D eigenvalue weighted by molar-refractivity contribution is 0.669. The van der Waals surface area contributed by atoms with Crippen LogP contribution in [0.2, 0.25) is 0 Å². The Morgan fingerprint density at radius 3 is 1.44 bits per heavy atom. The largest absolute Gasteiger partial charge is 0.455 e. The highest BCUT2D eigenvalue weighted by Crippen LogP contribution is 2.50. The van der Waals surface area contributed by atoms with E-state index in [4.69, 9.17) is 8.83 Å². The van der Waals surface area contributed by atoms with Crippen LogP contribution in [0.4, 0.5) is 0 Å². The molecule has 2 nitrogen and oxygen atoms in total. The fourth-order valence-electron chi connectivity index (χ4n) is 10.1. The molecule has 2 heterocycles. The lowest BCUT2D eigenvalue weighted by Gasteiger charge is -2.20.